The van der Waals surface area contributed by atoms with E-state index in [1.807, 2.05) is 38.1 Å². The summed E-state index contributed by atoms with van der Waals surface area (Å²) in [6.07, 6.45) is -0.0305. The minimum absolute atomic E-state index is 0.527. The van der Waals surface area contributed by atoms with Crippen LogP contribution in [0.5, 0.6) is 0 Å². The Balaban J connectivity index is 1.86. The van der Waals surface area contributed by atoms with Crippen LogP contribution in [0.3, 0.4) is 0 Å². The smallest absolute Gasteiger partial charge is 0.106 e. The third-order valence-electron chi connectivity index (χ3n) is 3.14. The van der Waals surface area contributed by atoms with Gasteiger partial charge in [-0.25, -0.2) is 4.98 Å². The van der Waals surface area contributed by atoms with E-state index in [0.29, 0.717) is 6.42 Å². The van der Waals surface area contributed by atoms with Crippen LogP contribution in [0, 0.1) is 13.8 Å². The van der Waals surface area contributed by atoms with Crippen molar-refractivity contribution in [1.29, 1.82) is 0 Å². The van der Waals surface area contributed by atoms with Gasteiger partial charge in [-0.3, -0.25) is 0 Å². The van der Waals surface area contributed by atoms with Crippen LogP contribution in [-0.4, -0.2) is 10.1 Å². The van der Waals surface area contributed by atoms with Crippen LogP contribution in [0.15, 0.2) is 34.7 Å². The predicted molar refractivity (Wildman–Crippen MR) is 76.5 cm³/mol. The molecule has 0 radical (unpaired) electrons. The molecule has 0 aliphatic carbocycles. The maximum absolute atomic E-state index is 10.3. The molecule has 0 aliphatic rings. The van der Waals surface area contributed by atoms with Crippen molar-refractivity contribution >= 4 is 21.6 Å². The molecule has 1 aromatic carbocycles. The predicted octanol–water partition coefficient (Wildman–Crippen LogP) is 3.78. The third kappa shape index (κ3) is 2.41. The highest BCUT2D eigenvalue weighted by molar-refractivity contribution is 7.18. The number of aryl methyl sites for hydroxylation is 2. The van der Waals surface area contributed by atoms with Crippen LogP contribution < -0.4 is 0 Å². The maximum atomic E-state index is 10.3. The summed E-state index contributed by atoms with van der Waals surface area (Å²) in [6, 6.07) is 9.93. The molecule has 3 rings (SSSR count). The maximum Gasteiger partial charge on any atom is 0.106 e. The van der Waals surface area contributed by atoms with Crippen LogP contribution in [0.1, 0.15) is 28.2 Å². The second kappa shape index (κ2) is 4.79. The van der Waals surface area contributed by atoms with Crippen LogP contribution in [0.2, 0.25) is 0 Å². The van der Waals surface area contributed by atoms with Crippen molar-refractivity contribution < 1.29 is 9.52 Å². The molecule has 0 amide bonds. The molecular formula is C15H15NO2S. The number of thiazole rings is 1. The first-order chi connectivity index (χ1) is 9.13. The van der Waals surface area contributed by atoms with Gasteiger partial charge in [-0.15, -0.1) is 11.3 Å². The number of hydrogen-bond acceptors (Lipinski definition) is 4. The minimum Gasteiger partial charge on any atom is -0.466 e. The zero-order valence-corrected chi connectivity index (χ0v) is 11.7. The number of hydrogen-bond donors (Lipinski definition) is 1. The Hall–Kier alpha value is -1.65. The number of furan rings is 1. The summed E-state index contributed by atoms with van der Waals surface area (Å²) < 4.78 is 6.61. The number of aromatic nitrogens is 1. The molecule has 3 nitrogen and oxygen atoms in total. The van der Waals surface area contributed by atoms with Crippen LogP contribution in [0.25, 0.3) is 10.2 Å². The van der Waals surface area contributed by atoms with E-state index in [2.05, 4.69) is 11.1 Å². The highest BCUT2D eigenvalue weighted by atomic mass is 32.1. The van der Waals surface area contributed by atoms with E-state index >= 15 is 0 Å². The van der Waals surface area contributed by atoms with Crippen molar-refractivity contribution in [3.8, 4) is 0 Å². The van der Waals surface area contributed by atoms with Crippen LogP contribution in [-0.2, 0) is 6.42 Å². The van der Waals surface area contributed by atoms with E-state index in [1.165, 1.54) is 0 Å². The molecule has 1 N–H and O–H groups in total. The van der Waals surface area contributed by atoms with E-state index in [-0.39, 0.29) is 0 Å². The fraction of sp³-hybridized carbons (Fsp3) is 0.267. The minimum atomic E-state index is -0.557. The lowest BCUT2D eigenvalue weighted by molar-refractivity contribution is 0.176. The molecule has 2 aromatic heterocycles. The summed E-state index contributed by atoms with van der Waals surface area (Å²) in [7, 11) is 0. The zero-order valence-electron chi connectivity index (χ0n) is 10.9. The number of benzene rings is 1. The summed E-state index contributed by atoms with van der Waals surface area (Å²) in [5, 5.41) is 11.3. The molecule has 19 heavy (non-hydrogen) atoms. The molecule has 0 saturated carbocycles. The standard InChI is InChI=1S/C15H15NO2S/c1-9-7-11(10(2)18-9)13(17)8-15-16-12-5-3-4-6-14(12)19-15/h3-7,13,17H,8H2,1-2H3. The Labute approximate surface area is 115 Å². The molecule has 98 valence electrons. The van der Waals surface area contributed by atoms with Crippen molar-refractivity contribution in [3.63, 3.8) is 0 Å². The molecule has 1 unspecified atom stereocenters. The van der Waals surface area contributed by atoms with Gasteiger partial charge in [0.25, 0.3) is 0 Å². The quantitative estimate of drug-likeness (QED) is 0.790. The van der Waals surface area contributed by atoms with Gasteiger partial charge in [-0.2, -0.15) is 0 Å². The Bertz CT molecular complexity index is 681. The topological polar surface area (TPSA) is 46.3 Å². The molecule has 0 spiro atoms. The molecule has 0 fully saturated rings. The summed E-state index contributed by atoms with van der Waals surface area (Å²) in [6.45, 7) is 3.77. The monoisotopic (exact) mass is 273 g/mol. The Kier molecular flexibility index (Phi) is 3.12. The number of rotatable bonds is 3. The highest BCUT2D eigenvalue weighted by Crippen LogP contribution is 2.28. The van der Waals surface area contributed by atoms with Gasteiger partial charge in [0.15, 0.2) is 0 Å². The molecule has 1 atom stereocenters. The van der Waals surface area contributed by atoms with Crippen molar-refractivity contribution in [1.82, 2.24) is 4.98 Å². The van der Waals surface area contributed by atoms with Crippen molar-refractivity contribution in [2.45, 2.75) is 26.4 Å². The van der Waals surface area contributed by atoms with Crippen molar-refractivity contribution in [3.05, 3.63) is 52.4 Å². The summed E-state index contributed by atoms with van der Waals surface area (Å²) in [4.78, 5) is 4.54. The highest BCUT2D eigenvalue weighted by Gasteiger charge is 2.17. The van der Waals surface area contributed by atoms with Crippen molar-refractivity contribution in [2.75, 3.05) is 0 Å². The van der Waals surface area contributed by atoms with E-state index in [9.17, 15) is 5.11 Å². The van der Waals surface area contributed by atoms with Gasteiger partial charge >= 0.3 is 0 Å². The Morgan fingerprint density at radius 2 is 2.11 bits per heavy atom. The van der Waals surface area contributed by atoms with Gasteiger partial charge < -0.3 is 9.52 Å². The van der Waals surface area contributed by atoms with Gasteiger partial charge in [-0.1, -0.05) is 12.1 Å². The normalized spacial score (nSPS) is 13.0. The number of para-hydroxylation sites is 1. The SMILES string of the molecule is Cc1cc(C(O)Cc2nc3ccccc3s2)c(C)o1. The number of fused-ring (bicyclic) bond motifs is 1. The van der Waals surface area contributed by atoms with Gasteiger partial charge in [-0.05, 0) is 32.0 Å². The number of aliphatic hydroxyl groups is 1. The second-order valence-corrected chi connectivity index (χ2v) is 5.78. The fourth-order valence-corrected chi connectivity index (χ4v) is 3.27. The lowest BCUT2D eigenvalue weighted by Crippen LogP contribution is -2.01. The number of aliphatic hydroxyl groups excluding tert-OH is 1. The van der Waals surface area contributed by atoms with Crippen molar-refractivity contribution in [2.24, 2.45) is 0 Å². The van der Waals surface area contributed by atoms with Gasteiger partial charge in [0.05, 0.1) is 21.3 Å². The molecular weight excluding hydrogens is 258 g/mol. The largest absolute Gasteiger partial charge is 0.466 e. The summed E-state index contributed by atoms with van der Waals surface area (Å²) >= 11 is 1.63. The molecule has 0 bridgehead atoms. The first-order valence-electron chi connectivity index (χ1n) is 6.23. The molecule has 4 heteroatoms. The average Bonchev–Trinajstić information content (AvgIpc) is 2.91. The van der Waals surface area contributed by atoms with Gasteiger partial charge in [0.1, 0.15) is 11.5 Å². The second-order valence-electron chi connectivity index (χ2n) is 4.66. The fourth-order valence-electron chi connectivity index (χ4n) is 2.26. The van der Waals surface area contributed by atoms with E-state index in [1.54, 1.807) is 11.3 Å². The Morgan fingerprint density at radius 1 is 1.32 bits per heavy atom. The molecule has 3 aromatic rings. The zero-order chi connectivity index (χ0) is 13.4. The molecule has 0 saturated heterocycles. The van der Waals surface area contributed by atoms with E-state index in [0.717, 1.165) is 32.3 Å². The first-order valence-corrected chi connectivity index (χ1v) is 7.04. The molecule has 0 aliphatic heterocycles. The summed E-state index contributed by atoms with van der Waals surface area (Å²) in [5.74, 6) is 1.61. The van der Waals surface area contributed by atoms with Crippen LogP contribution >= 0.6 is 11.3 Å². The van der Waals surface area contributed by atoms with E-state index in [4.69, 9.17) is 4.42 Å². The molecule has 2 heterocycles. The Morgan fingerprint density at radius 3 is 2.79 bits per heavy atom. The average molecular weight is 273 g/mol. The van der Waals surface area contributed by atoms with Gasteiger partial charge in [0.2, 0.25) is 0 Å². The lowest BCUT2D eigenvalue weighted by atomic mass is 10.1. The summed E-state index contributed by atoms with van der Waals surface area (Å²) in [5.41, 5.74) is 1.85. The van der Waals surface area contributed by atoms with E-state index < -0.39 is 6.10 Å². The number of nitrogens with zero attached hydrogens (tertiary/aromatic N) is 1. The third-order valence-corrected chi connectivity index (χ3v) is 4.20. The van der Waals surface area contributed by atoms with Crippen LogP contribution in [0.4, 0.5) is 0 Å². The van der Waals surface area contributed by atoms with Gasteiger partial charge in [0, 0.05) is 12.0 Å². The lowest BCUT2D eigenvalue weighted by Gasteiger charge is -2.06. The first kappa shape index (κ1) is 12.4.